The standard InChI is InChI=1S/C26H26N4O2/c1-26(22-15-20(12-13-28-22)19-4-3-5-21(31)14-19)23(24(32)30(2)25(27)29-26)18-10-8-17(9-11-18)16-6-7-16/h3-5,8-16,23,31H,6-7H2,1-2H3,(H2,27,29). The lowest BCUT2D eigenvalue weighted by molar-refractivity contribution is -0.130. The first kappa shape index (κ1) is 20.2. The van der Waals surface area contributed by atoms with Crippen LogP contribution in [0.25, 0.3) is 11.1 Å². The number of pyridine rings is 1. The summed E-state index contributed by atoms with van der Waals surface area (Å²) in [4.78, 5) is 24.3. The summed E-state index contributed by atoms with van der Waals surface area (Å²) in [5, 5.41) is 9.89. The molecule has 162 valence electrons. The van der Waals surface area contributed by atoms with Gasteiger partial charge in [-0.2, -0.15) is 0 Å². The SMILES string of the molecule is CN1C(=O)C(c2ccc(C3CC3)cc2)C(C)(c2cc(-c3cccc(O)c3)ccn2)N=C1N. The molecular formula is C26H26N4O2. The quantitative estimate of drug-likeness (QED) is 0.657. The topological polar surface area (TPSA) is 91.8 Å². The van der Waals surface area contributed by atoms with Gasteiger partial charge in [0.15, 0.2) is 5.96 Å². The van der Waals surface area contributed by atoms with E-state index in [2.05, 4.69) is 17.1 Å². The summed E-state index contributed by atoms with van der Waals surface area (Å²) in [6.07, 6.45) is 4.17. The zero-order chi connectivity index (χ0) is 22.5. The van der Waals surface area contributed by atoms with Crippen molar-refractivity contribution < 1.29 is 9.90 Å². The Morgan fingerprint density at radius 3 is 2.41 bits per heavy atom. The highest BCUT2D eigenvalue weighted by Crippen LogP contribution is 2.45. The maximum Gasteiger partial charge on any atom is 0.239 e. The minimum absolute atomic E-state index is 0.108. The molecule has 3 aromatic rings. The summed E-state index contributed by atoms with van der Waals surface area (Å²) in [6, 6.07) is 19.2. The second-order valence-electron chi connectivity index (χ2n) is 8.87. The van der Waals surface area contributed by atoms with Crippen LogP contribution in [0, 0.1) is 0 Å². The van der Waals surface area contributed by atoms with Crippen LogP contribution in [-0.2, 0) is 10.3 Å². The molecule has 0 saturated heterocycles. The minimum Gasteiger partial charge on any atom is -0.508 e. The molecular weight excluding hydrogens is 400 g/mol. The molecule has 0 spiro atoms. The van der Waals surface area contributed by atoms with Crippen LogP contribution in [0.1, 0.15) is 48.4 Å². The van der Waals surface area contributed by atoms with Crippen molar-refractivity contribution in [1.82, 2.24) is 9.88 Å². The molecule has 2 aromatic carbocycles. The number of phenolic OH excluding ortho intramolecular Hbond substituents is 1. The minimum atomic E-state index is -0.971. The number of carbonyl (C=O) groups is 1. The summed E-state index contributed by atoms with van der Waals surface area (Å²) in [7, 11) is 1.66. The molecule has 0 radical (unpaired) electrons. The molecule has 1 aromatic heterocycles. The molecule has 2 atom stereocenters. The maximum absolute atomic E-state index is 13.5. The number of nitrogens with two attached hydrogens (primary N) is 1. The number of rotatable bonds is 4. The molecule has 1 amide bonds. The number of carbonyl (C=O) groups excluding carboxylic acids is 1. The Balaban J connectivity index is 1.62. The van der Waals surface area contributed by atoms with Crippen LogP contribution in [0.2, 0.25) is 0 Å². The summed E-state index contributed by atoms with van der Waals surface area (Å²) in [5.41, 5.74) is 9.80. The predicted molar refractivity (Wildman–Crippen MR) is 124 cm³/mol. The molecule has 2 aliphatic rings. The first-order valence-corrected chi connectivity index (χ1v) is 10.9. The van der Waals surface area contributed by atoms with Gasteiger partial charge < -0.3 is 10.8 Å². The molecule has 3 N–H and O–H groups in total. The number of aliphatic imine (C=N–C) groups is 1. The lowest BCUT2D eigenvalue weighted by Crippen LogP contribution is -2.52. The van der Waals surface area contributed by atoms with Crippen LogP contribution in [0.5, 0.6) is 5.75 Å². The van der Waals surface area contributed by atoms with Crippen LogP contribution in [0.3, 0.4) is 0 Å². The highest BCUT2D eigenvalue weighted by atomic mass is 16.3. The molecule has 1 saturated carbocycles. The Bertz CT molecular complexity index is 1220. The average molecular weight is 427 g/mol. The summed E-state index contributed by atoms with van der Waals surface area (Å²) in [5.74, 6) is 0.350. The number of amides is 1. The number of hydrogen-bond acceptors (Lipinski definition) is 5. The number of hydrogen-bond donors (Lipinski definition) is 2. The van der Waals surface area contributed by atoms with E-state index in [1.165, 1.54) is 23.3 Å². The summed E-state index contributed by atoms with van der Waals surface area (Å²) >= 11 is 0. The predicted octanol–water partition coefficient (Wildman–Crippen LogP) is 4.12. The average Bonchev–Trinajstić information content (AvgIpc) is 3.64. The van der Waals surface area contributed by atoms with Crippen molar-refractivity contribution in [2.75, 3.05) is 7.05 Å². The van der Waals surface area contributed by atoms with E-state index in [1.54, 1.807) is 31.4 Å². The molecule has 32 heavy (non-hydrogen) atoms. The van der Waals surface area contributed by atoms with Crippen molar-refractivity contribution >= 4 is 11.9 Å². The third kappa shape index (κ3) is 3.42. The molecule has 1 fully saturated rings. The van der Waals surface area contributed by atoms with E-state index in [9.17, 15) is 9.90 Å². The number of likely N-dealkylation sites (N-methyl/N-ethyl adjacent to an activating group) is 1. The normalized spacial score (nSPS) is 23.2. The number of aromatic hydroxyl groups is 1. The van der Waals surface area contributed by atoms with E-state index in [1.807, 2.05) is 37.3 Å². The van der Waals surface area contributed by atoms with Gasteiger partial charge in [-0.25, -0.2) is 4.99 Å². The summed E-state index contributed by atoms with van der Waals surface area (Å²) in [6.45, 7) is 1.92. The van der Waals surface area contributed by atoms with Crippen LogP contribution in [0.15, 0.2) is 71.9 Å². The van der Waals surface area contributed by atoms with Gasteiger partial charge in [-0.1, -0.05) is 36.4 Å². The van der Waals surface area contributed by atoms with E-state index in [0.717, 1.165) is 16.7 Å². The number of phenols is 1. The van der Waals surface area contributed by atoms with Gasteiger partial charge in [0.2, 0.25) is 5.91 Å². The second kappa shape index (κ2) is 7.48. The van der Waals surface area contributed by atoms with Crippen molar-refractivity contribution in [3.63, 3.8) is 0 Å². The number of aromatic nitrogens is 1. The van der Waals surface area contributed by atoms with Crippen LogP contribution < -0.4 is 5.73 Å². The van der Waals surface area contributed by atoms with Gasteiger partial charge in [0, 0.05) is 13.2 Å². The fourth-order valence-corrected chi connectivity index (χ4v) is 4.55. The zero-order valence-electron chi connectivity index (χ0n) is 18.2. The highest BCUT2D eigenvalue weighted by molar-refractivity contribution is 6.02. The number of nitrogens with zero attached hydrogens (tertiary/aromatic N) is 3. The first-order chi connectivity index (χ1) is 15.4. The molecule has 6 nitrogen and oxygen atoms in total. The van der Waals surface area contributed by atoms with E-state index < -0.39 is 11.5 Å². The first-order valence-electron chi connectivity index (χ1n) is 10.9. The van der Waals surface area contributed by atoms with Gasteiger partial charge in [0.1, 0.15) is 11.3 Å². The fraction of sp³-hybridized carbons (Fsp3) is 0.269. The molecule has 1 aliphatic carbocycles. The van der Waals surface area contributed by atoms with Crippen LogP contribution in [0.4, 0.5) is 0 Å². The van der Waals surface area contributed by atoms with Crippen molar-refractivity contribution in [3.05, 3.63) is 83.7 Å². The Morgan fingerprint density at radius 2 is 1.72 bits per heavy atom. The van der Waals surface area contributed by atoms with Crippen LogP contribution in [-0.4, -0.2) is 33.9 Å². The fourth-order valence-electron chi connectivity index (χ4n) is 4.55. The van der Waals surface area contributed by atoms with Crippen molar-refractivity contribution in [1.29, 1.82) is 0 Å². The third-order valence-corrected chi connectivity index (χ3v) is 6.61. The van der Waals surface area contributed by atoms with E-state index in [4.69, 9.17) is 10.7 Å². The van der Waals surface area contributed by atoms with Crippen molar-refractivity contribution in [3.8, 4) is 16.9 Å². The van der Waals surface area contributed by atoms with Crippen molar-refractivity contribution in [2.24, 2.45) is 10.7 Å². The highest BCUT2D eigenvalue weighted by Gasteiger charge is 2.48. The zero-order valence-corrected chi connectivity index (χ0v) is 18.2. The molecule has 6 heteroatoms. The number of guanidine groups is 1. The molecule has 2 unspecified atom stereocenters. The Hall–Kier alpha value is -3.67. The summed E-state index contributed by atoms with van der Waals surface area (Å²) < 4.78 is 0. The molecule has 0 bridgehead atoms. The third-order valence-electron chi connectivity index (χ3n) is 6.61. The monoisotopic (exact) mass is 426 g/mol. The molecule has 5 rings (SSSR count). The van der Waals surface area contributed by atoms with Gasteiger partial charge in [-0.3, -0.25) is 14.7 Å². The Kier molecular flexibility index (Phi) is 4.73. The second-order valence-corrected chi connectivity index (χ2v) is 8.87. The molecule has 2 heterocycles. The van der Waals surface area contributed by atoms with Gasteiger partial charge in [0.25, 0.3) is 0 Å². The van der Waals surface area contributed by atoms with Crippen LogP contribution >= 0.6 is 0 Å². The van der Waals surface area contributed by atoms with Gasteiger partial charge in [-0.05, 0) is 72.2 Å². The van der Waals surface area contributed by atoms with E-state index in [0.29, 0.717) is 11.6 Å². The largest absolute Gasteiger partial charge is 0.508 e. The Labute approximate surface area is 187 Å². The van der Waals surface area contributed by atoms with Crippen molar-refractivity contribution in [2.45, 2.75) is 37.1 Å². The number of benzene rings is 2. The van der Waals surface area contributed by atoms with E-state index >= 15 is 0 Å². The van der Waals surface area contributed by atoms with Gasteiger partial charge >= 0.3 is 0 Å². The maximum atomic E-state index is 13.5. The lowest BCUT2D eigenvalue weighted by atomic mass is 9.76. The molecule has 1 aliphatic heterocycles. The lowest BCUT2D eigenvalue weighted by Gasteiger charge is -2.40. The van der Waals surface area contributed by atoms with Gasteiger partial charge in [0.05, 0.1) is 11.6 Å². The van der Waals surface area contributed by atoms with Gasteiger partial charge in [-0.15, -0.1) is 0 Å². The Morgan fingerprint density at radius 1 is 1.03 bits per heavy atom. The van der Waals surface area contributed by atoms with E-state index in [-0.39, 0.29) is 17.6 Å². The smallest absolute Gasteiger partial charge is 0.239 e.